The number of nitrogens with one attached hydrogen (secondary N) is 1. The molecule has 1 aliphatic rings. The van der Waals surface area contributed by atoms with E-state index in [1.807, 2.05) is 31.2 Å². The molecule has 0 saturated carbocycles. The molecular weight excluding hydrogens is 490 g/mol. The number of ether oxygens (including phenoxy) is 1. The second-order valence-electron chi connectivity index (χ2n) is 7.36. The van der Waals surface area contributed by atoms with E-state index in [2.05, 4.69) is 21.4 Å². The summed E-state index contributed by atoms with van der Waals surface area (Å²) in [6, 6.07) is 19.1. The molecule has 0 aromatic heterocycles. The Morgan fingerprint density at radius 2 is 1.85 bits per heavy atom. The van der Waals surface area contributed by atoms with Gasteiger partial charge in [0.15, 0.2) is 0 Å². The summed E-state index contributed by atoms with van der Waals surface area (Å²) in [6.07, 6.45) is 1.32. The molecule has 33 heavy (non-hydrogen) atoms. The Morgan fingerprint density at radius 1 is 1.09 bits per heavy atom. The maximum absolute atomic E-state index is 12.8. The molecule has 3 aromatic rings. The number of amides is 2. The molecule has 2 amide bonds. The van der Waals surface area contributed by atoms with Crippen LogP contribution in [0.15, 0.2) is 76.8 Å². The number of carbonyl (C=O) groups excluding carboxylic acids is 2. The molecule has 1 saturated heterocycles. The lowest BCUT2D eigenvalue weighted by atomic mass is 10.1. The van der Waals surface area contributed by atoms with Gasteiger partial charge in [0.1, 0.15) is 12.2 Å². The monoisotopic (exact) mass is 507 g/mol. The van der Waals surface area contributed by atoms with Gasteiger partial charge in [-0.05, 0) is 58.3 Å². The summed E-state index contributed by atoms with van der Waals surface area (Å²) in [6.45, 7) is 2.10. The fourth-order valence-corrected chi connectivity index (χ4v) is 3.98. The molecular formula is C24H18BrN3O5. The highest BCUT2D eigenvalue weighted by molar-refractivity contribution is 9.10. The first-order valence-corrected chi connectivity index (χ1v) is 10.7. The Bertz CT molecular complexity index is 1290. The number of rotatable bonds is 6. The van der Waals surface area contributed by atoms with Gasteiger partial charge in [0.25, 0.3) is 11.8 Å². The summed E-state index contributed by atoms with van der Waals surface area (Å²) in [5, 5.41) is 12.9. The number of nitrogens with zero attached hydrogens (tertiary/aromatic N) is 2. The highest BCUT2D eigenvalue weighted by atomic mass is 79.9. The largest absolute Gasteiger partial charge is 0.481 e. The van der Waals surface area contributed by atoms with Gasteiger partial charge in [0.05, 0.1) is 15.1 Å². The minimum absolute atomic E-state index is 0.0665. The lowest BCUT2D eigenvalue weighted by Crippen LogP contribution is -2.35. The van der Waals surface area contributed by atoms with Crippen molar-refractivity contribution in [1.29, 1.82) is 0 Å². The van der Waals surface area contributed by atoms with Crippen LogP contribution in [0.2, 0.25) is 0 Å². The van der Waals surface area contributed by atoms with Crippen molar-refractivity contribution in [3.05, 3.63) is 104 Å². The number of benzene rings is 3. The minimum Gasteiger partial charge on any atom is -0.481 e. The predicted octanol–water partition coefficient (Wildman–Crippen LogP) is 4.71. The number of hydrogen-bond donors (Lipinski definition) is 1. The van der Waals surface area contributed by atoms with Crippen molar-refractivity contribution >= 4 is 45.2 Å². The van der Waals surface area contributed by atoms with Crippen LogP contribution in [0.3, 0.4) is 0 Å². The highest BCUT2D eigenvalue weighted by Crippen LogP contribution is 2.38. The van der Waals surface area contributed by atoms with Crippen molar-refractivity contribution in [2.45, 2.75) is 13.5 Å². The van der Waals surface area contributed by atoms with Crippen LogP contribution in [0.1, 0.15) is 16.7 Å². The molecule has 0 aliphatic carbocycles. The number of para-hydroxylation sites is 1. The second kappa shape index (κ2) is 9.25. The Kier molecular flexibility index (Phi) is 6.23. The van der Waals surface area contributed by atoms with E-state index in [-0.39, 0.29) is 23.6 Å². The van der Waals surface area contributed by atoms with E-state index >= 15 is 0 Å². The molecule has 0 atom stereocenters. The van der Waals surface area contributed by atoms with Crippen LogP contribution in [0.5, 0.6) is 5.75 Å². The zero-order chi connectivity index (χ0) is 23.5. The highest BCUT2D eigenvalue weighted by Gasteiger charge is 2.34. The van der Waals surface area contributed by atoms with Crippen LogP contribution in [0.4, 0.5) is 11.4 Å². The van der Waals surface area contributed by atoms with E-state index in [0.717, 1.165) is 16.1 Å². The van der Waals surface area contributed by atoms with Crippen LogP contribution >= 0.6 is 15.9 Å². The number of hydrogen-bond acceptors (Lipinski definition) is 5. The second-order valence-corrected chi connectivity index (χ2v) is 8.22. The Hall–Kier alpha value is -3.98. The van der Waals surface area contributed by atoms with Crippen LogP contribution in [-0.4, -0.2) is 16.7 Å². The summed E-state index contributed by atoms with van der Waals surface area (Å²) in [4.78, 5) is 36.4. The molecule has 3 aromatic carbocycles. The maximum Gasteiger partial charge on any atom is 0.312 e. The summed E-state index contributed by atoms with van der Waals surface area (Å²) in [7, 11) is 0. The van der Waals surface area contributed by atoms with E-state index in [4.69, 9.17) is 4.74 Å². The lowest BCUT2D eigenvalue weighted by Gasteiger charge is -2.13. The van der Waals surface area contributed by atoms with E-state index in [1.54, 1.807) is 36.4 Å². The van der Waals surface area contributed by atoms with Gasteiger partial charge in [-0.15, -0.1) is 0 Å². The van der Waals surface area contributed by atoms with Gasteiger partial charge < -0.3 is 4.74 Å². The summed E-state index contributed by atoms with van der Waals surface area (Å²) < 4.78 is 6.08. The molecule has 1 fully saturated rings. The van der Waals surface area contributed by atoms with Gasteiger partial charge in [-0.2, -0.15) is 0 Å². The average molecular weight is 508 g/mol. The molecule has 0 unspecified atom stereocenters. The third-order valence-corrected chi connectivity index (χ3v) is 5.51. The molecule has 0 bridgehead atoms. The van der Waals surface area contributed by atoms with Gasteiger partial charge >= 0.3 is 5.69 Å². The molecule has 1 aliphatic heterocycles. The Labute approximate surface area is 197 Å². The molecule has 4 rings (SSSR count). The smallest absolute Gasteiger partial charge is 0.312 e. The van der Waals surface area contributed by atoms with Crippen LogP contribution in [0.25, 0.3) is 6.08 Å². The maximum atomic E-state index is 12.8. The summed E-state index contributed by atoms with van der Waals surface area (Å²) in [5.41, 5.74) is 4.83. The number of aryl methyl sites for hydroxylation is 1. The predicted molar refractivity (Wildman–Crippen MR) is 126 cm³/mol. The average Bonchev–Trinajstić information content (AvgIpc) is 3.07. The number of anilines is 1. The Balaban J connectivity index is 1.63. The normalized spacial score (nSPS) is 14.5. The van der Waals surface area contributed by atoms with Crippen molar-refractivity contribution in [2.24, 2.45) is 0 Å². The van der Waals surface area contributed by atoms with E-state index < -0.39 is 16.7 Å². The Morgan fingerprint density at radius 3 is 2.55 bits per heavy atom. The van der Waals surface area contributed by atoms with Gasteiger partial charge in [0.2, 0.25) is 5.75 Å². The molecule has 1 heterocycles. The first kappa shape index (κ1) is 22.2. The molecule has 1 N–H and O–H groups in total. The number of nitro groups is 1. The number of hydrazine groups is 1. The van der Waals surface area contributed by atoms with E-state index in [9.17, 15) is 19.7 Å². The van der Waals surface area contributed by atoms with Crippen molar-refractivity contribution in [3.63, 3.8) is 0 Å². The molecule has 0 spiro atoms. The molecule has 9 heteroatoms. The van der Waals surface area contributed by atoms with E-state index in [0.29, 0.717) is 15.7 Å². The third kappa shape index (κ3) is 4.78. The standard InChI is InChI=1S/C24H18BrN3O5/c1-15-6-5-7-16(10-15)14-33-22-20(25)12-17(13-21(22)28(31)32)11-19-23(29)26-27(24(19)30)18-8-3-2-4-9-18/h2-13H,14H2,1H3,(H,26,29)/b19-11-. The number of halogens is 1. The van der Waals surface area contributed by atoms with Crippen molar-refractivity contribution in [3.8, 4) is 5.75 Å². The first-order valence-electron chi connectivity index (χ1n) is 9.92. The fraction of sp³-hybridized carbons (Fsp3) is 0.0833. The SMILES string of the molecule is Cc1cccc(COc2c(Br)cc(/C=C3/C(=O)NN(c4ccccc4)C3=O)cc2[N+](=O)[O-])c1. The first-order chi connectivity index (χ1) is 15.8. The van der Waals surface area contributed by atoms with Crippen LogP contribution in [0, 0.1) is 17.0 Å². The van der Waals surface area contributed by atoms with Crippen LogP contribution in [-0.2, 0) is 16.2 Å². The molecule has 166 valence electrons. The van der Waals surface area contributed by atoms with E-state index in [1.165, 1.54) is 12.1 Å². The van der Waals surface area contributed by atoms with Gasteiger partial charge in [-0.3, -0.25) is 25.1 Å². The van der Waals surface area contributed by atoms with Crippen LogP contribution < -0.4 is 15.2 Å². The van der Waals surface area contributed by atoms with Gasteiger partial charge in [-0.25, -0.2) is 5.01 Å². The van der Waals surface area contributed by atoms with Gasteiger partial charge in [-0.1, -0.05) is 48.0 Å². The molecule has 8 nitrogen and oxygen atoms in total. The summed E-state index contributed by atoms with van der Waals surface area (Å²) in [5.74, 6) is -1.08. The number of carbonyl (C=O) groups is 2. The number of nitro benzene ring substituents is 1. The van der Waals surface area contributed by atoms with Crippen molar-refractivity contribution in [1.82, 2.24) is 5.43 Å². The molecule has 0 radical (unpaired) electrons. The van der Waals surface area contributed by atoms with Gasteiger partial charge in [0, 0.05) is 6.07 Å². The fourth-order valence-electron chi connectivity index (χ4n) is 3.40. The third-order valence-electron chi connectivity index (χ3n) is 4.93. The zero-order valence-electron chi connectivity index (χ0n) is 17.4. The van der Waals surface area contributed by atoms with Crippen molar-refractivity contribution in [2.75, 3.05) is 5.01 Å². The lowest BCUT2D eigenvalue weighted by molar-refractivity contribution is -0.386. The topological polar surface area (TPSA) is 102 Å². The zero-order valence-corrected chi connectivity index (χ0v) is 19.0. The summed E-state index contributed by atoms with van der Waals surface area (Å²) >= 11 is 3.33. The quantitative estimate of drug-likeness (QED) is 0.225. The van der Waals surface area contributed by atoms with Crippen molar-refractivity contribution < 1.29 is 19.2 Å². The minimum atomic E-state index is -0.595.